The molecule has 0 saturated heterocycles. The molecule has 21 heavy (non-hydrogen) atoms. The van der Waals surface area contributed by atoms with Gasteiger partial charge in [0.1, 0.15) is 0 Å². The van der Waals surface area contributed by atoms with Gasteiger partial charge in [0, 0.05) is 5.70 Å². The van der Waals surface area contributed by atoms with Gasteiger partial charge in [-0.2, -0.15) is 46.9 Å². The van der Waals surface area contributed by atoms with Gasteiger partial charge in [0.2, 0.25) is 0 Å². The van der Waals surface area contributed by atoms with Crippen LogP contribution in [0.15, 0.2) is 11.8 Å². The van der Waals surface area contributed by atoms with E-state index in [-0.39, 0.29) is 6.42 Å². The van der Waals surface area contributed by atoms with E-state index in [4.69, 9.17) is 0 Å². The fourth-order valence-electron chi connectivity index (χ4n) is 1.21. The van der Waals surface area contributed by atoms with Crippen LogP contribution < -0.4 is 0 Å². The summed E-state index contributed by atoms with van der Waals surface area (Å²) >= 11 is 0. The summed E-state index contributed by atoms with van der Waals surface area (Å²) in [6.45, 7) is 2.31. The number of hydrogen-bond donors (Lipinski definition) is 0. The monoisotopic (exact) mass is 363 g/mol. The number of rotatable bonds is 5. The fourth-order valence-corrected chi connectivity index (χ4v) is 4.15. The minimum absolute atomic E-state index is 0.166. The SMILES string of the molecule is CC/C=C(\CC)N(S(=O)(=O)C(F)(F)F)S(=O)(=O)C(F)(F)F. The lowest BCUT2D eigenvalue weighted by Gasteiger charge is -2.27. The Morgan fingerprint density at radius 3 is 1.43 bits per heavy atom. The van der Waals surface area contributed by atoms with Crippen LogP contribution in [0.5, 0.6) is 0 Å². The summed E-state index contributed by atoms with van der Waals surface area (Å²) in [6.07, 6.45) is -0.175. The van der Waals surface area contributed by atoms with Crippen LogP contribution in [-0.4, -0.2) is 31.6 Å². The highest BCUT2D eigenvalue weighted by Crippen LogP contribution is 2.38. The van der Waals surface area contributed by atoms with Crippen molar-refractivity contribution in [2.45, 2.75) is 37.7 Å². The minimum atomic E-state index is -6.76. The van der Waals surface area contributed by atoms with E-state index in [0.717, 1.165) is 6.92 Å². The summed E-state index contributed by atoms with van der Waals surface area (Å²) in [5.74, 6) is 0. The van der Waals surface area contributed by atoms with Crippen molar-refractivity contribution in [2.75, 3.05) is 0 Å². The van der Waals surface area contributed by atoms with E-state index in [0.29, 0.717) is 6.08 Å². The summed E-state index contributed by atoms with van der Waals surface area (Å²) in [5, 5.41) is 0. The van der Waals surface area contributed by atoms with Crippen molar-refractivity contribution in [3.8, 4) is 0 Å². The lowest BCUT2D eigenvalue weighted by Crippen LogP contribution is -2.48. The maximum Gasteiger partial charge on any atom is 0.517 e. The molecule has 126 valence electrons. The quantitative estimate of drug-likeness (QED) is 0.704. The van der Waals surface area contributed by atoms with Gasteiger partial charge < -0.3 is 0 Å². The molecule has 0 aliphatic carbocycles. The Labute approximate surface area is 117 Å². The Morgan fingerprint density at radius 1 is 0.905 bits per heavy atom. The Kier molecular flexibility index (Phi) is 5.74. The van der Waals surface area contributed by atoms with Crippen molar-refractivity contribution in [1.82, 2.24) is 3.71 Å². The third-order valence-electron chi connectivity index (χ3n) is 2.06. The van der Waals surface area contributed by atoms with Crippen molar-refractivity contribution in [2.24, 2.45) is 0 Å². The first-order valence-corrected chi connectivity index (χ1v) is 8.14. The van der Waals surface area contributed by atoms with Crippen LogP contribution in [0, 0.1) is 0 Å². The normalized spacial score (nSPS) is 15.1. The predicted molar refractivity (Wildman–Crippen MR) is 60.5 cm³/mol. The molecule has 0 fully saturated rings. The highest BCUT2D eigenvalue weighted by atomic mass is 32.3. The second kappa shape index (κ2) is 6.02. The van der Waals surface area contributed by atoms with Crippen LogP contribution in [0.1, 0.15) is 26.7 Å². The zero-order valence-electron chi connectivity index (χ0n) is 10.7. The van der Waals surface area contributed by atoms with E-state index in [1.54, 1.807) is 0 Å². The Morgan fingerprint density at radius 2 is 1.24 bits per heavy atom. The van der Waals surface area contributed by atoms with Crippen LogP contribution in [0.25, 0.3) is 0 Å². The third kappa shape index (κ3) is 3.81. The third-order valence-corrected chi connectivity index (χ3v) is 5.75. The number of nitrogens with zero attached hydrogens (tertiary/aromatic N) is 1. The van der Waals surface area contributed by atoms with Gasteiger partial charge in [0.05, 0.1) is 0 Å². The number of hydrogen-bond acceptors (Lipinski definition) is 4. The van der Waals surface area contributed by atoms with Gasteiger partial charge in [0.25, 0.3) is 0 Å². The van der Waals surface area contributed by atoms with Gasteiger partial charge in [-0.25, -0.2) is 0 Å². The summed E-state index contributed by atoms with van der Waals surface area (Å²) in [4.78, 5) is 0. The molecule has 0 amide bonds. The molecule has 0 aromatic rings. The van der Waals surface area contributed by atoms with E-state index in [1.807, 2.05) is 0 Å². The van der Waals surface area contributed by atoms with Crippen molar-refractivity contribution in [3.05, 3.63) is 11.8 Å². The van der Waals surface area contributed by atoms with Crippen LogP contribution in [0.4, 0.5) is 26.3 Å². The van der Waals surface area contributed by atoms with Gasteiger partial charge in [-0.1, -0.05) is 19.9 Å². The van der Waals surface area contributed by atoms with Crippen LogP contribution in [0.3, 0.4) is 0 Å². The average molecular weight is 363 g/mol. The molecule has 0 aliphatic rings. The lowest BCUT2D eigenvalue weighted by atomic mass is 10.3. The topological polar surface area (TPSA) is 71.5 Å². The molecule has 5 nitrogen and oxygen atoms in total. The van der Waals surface area contributed by atoms with Crippen molar-refractivity contribution >= 4 is 20.0 Å². The van der Waals surface area contributed by atoms with Gasteiger partial charge in [-0.15, -0.1) is 0 Å². The summed E-state index contributed by atoms with van der Waals surface area (Å²) in [7, 11) is -13.5. The van der Waals surface area contributed by atoms with E-state index in [1.165, 1.54) is 6.92 Å². The summed E-state index contributed by atoms with van der Waals surface area (Å²) < 4.78 is 118. The molecule has 0 aliphatic heterocycles. The molecule has 0 saturated carbocycles. The van der Waals surface area contributed by atoms with Gasteiger partial charge in [0.15, 0.2) is 0 Å². The molecule has 0 rings (SSSR count). The number of sulfonamides is 2. The lowest BCUT2D eigenvalue weighted by molar-refractivity contribution is -0.0521. The van der Waals surface area contributed by atoms with Crippen LogP contribution >= 0.6 is 0 Å². The summed E-state index contributed by atoms with van der Waals surface area (Å²) in [6, 6.07) is 0. The van der Waals surface area contributed by atoms with E-state index in [2.05, 4.69) is 0 Å². The van der Waals surface area contributed by atoms with Gasteiger partial charge in [-0.05, 0) is 12.8 Å². The first-order valence-electron chi connectivity index (χ1n) is 5.26. The van der Waals surface area contributed by atoms with E-state index >= 15 is 0 Å². The minimum Gasteiger partial charge on any atom is -0.196 e. The molecule has 0 heterocycles. The largest absolute Gasteiger partial charge is 0.517 e. The molecule has 0 N–H and O–H groups in total. The first-order chi connectivity index (χ1) is 9.14. The molecular weight excluding hydrogens is 352 g/mol. The Hall–Kier alpha value is -0.980. The molecule has 0 unspecified atom stereocenters. The predicted octanol–water partition coefficient (Wildman–Crippen LogP) is 2.69. The number of halogens is 6. The smallest absolute Gasteiger partial charge is 0.196 e. The van der Waals surface area contributed by atoms with Crippen LogP contribution in [-0.2, 0) is 20.0 Å². The summed E-state index contributed by atoms with van der Waals surface area (Å²) in [5.41, 5.74) is -13.5. The highest BCUT2D eigenvalue weighted by Gasteiger charge is 2.61. The Bertz CT molecular complexity index is 558. The van der Waals surface area contributed by atoms with Crippen molar-refractivity contribution in [1.29, 1.82) is 0 Å². The van der Waals surface area contributed by atoms with Crippen LogP contribution in [0.2, 0.25) is 0 Å². The maximum atomic E-state index is 12.5. The second-order valence-electron chi connectivity index (χ2n) is 3.56. The molecule has 0 radical (unpaired) electrons. The standard InChI is InChI=1S/C8H11F6NO4S2/c1-3-5-6(4-2)15(20(16,17)7(9,10)11)21(18,19)8(12,13)14/h5H,3-4H2,1-2H3/b6-5+. The van der Waals surface area contributed by atoms with E-state index in [9.17, 15) is 43.2 Å². The molecule has 0 aromatic carbocycles. The fraction of sp³-hybridized carbons (Fsp3) is 0.750. The number of allylic oxidation sites excluding steroid dienone is 2. The molecule has 0 atom stereocenters. The molecule has 0 spiro atoms. The molecule has 0 bridgehead atoms. The second-order valence-corrected chi connectivity index (χ2v) is 7.34. The van der Waals surface area contributed by atoms with Gasteiger partial charge in [-0.3, -0.25) is 0 Å². The van der Waals surface area contributed by atoms with Gasteiger partial charge >= 0.3 is 31.1 Å². The molecular formula is C8H11F6NO4S2. The molecule has 13 heteroatoms. The zero-order valence-corrected chi connectivity index (χ0v) is 12.3. The highest BCUT2D eigenvalue weighted by molar-refractivity contribution is 8.05. The zero-order chi connectivity index (χ0) is 17.3. The Balaban J connectivity index is 6.56. The van der Waals surface area contributed by atoms with Crippen molar-refractivity contribution in [3.63, 3.8) is 0 Å². The van der Waals surface area contributed by atoms with Crippen molar-refractivity contribution < 1.29 is 43.2 Å². The maximum absolute atomic E-state index is 12.5. The van der Waals surface area contributed by atoms with E-state index < -0.39 is 46.9 Å². The molecule has 0 aromatic heterocycles. The first kappa shape index (κ1) is 20.0. The number of alkyl halides is 6. The average Bonchev–Trinajstić information content (AvgIpc) is 2.24.